The van der Waals surface area contributed by atoms with Crippen LogP contribution >= 0.6 is 7.82 Å². The zero-order chi connectivity index (χ0) is 21.1. The molecule has 0 amide bonds. The van der Waals surface area contributed by atoms with Crippen molar-refractivity contribution in [3.05, 3.63) is 44.8 Å². The topological polar surface area (TPSA) is 183 Å². The van der Waals surface area contributed by atoms with Crippen LogP contribution in [0.4, 0.5) is 0 Å². The lowest BCUT2D eigenvalue weighted by Crippen LogP contribution is -2.39. The van der Waals surface area contributed by atoms with Gasteiger partial charge < -0.3 is 30.1 Å². The number of rotatable bonds is 9. The van der Waals surface area contributed by atoms with E-state index in [0.717, 1.165) is 10.1 Å². The van der Waals surface area contributed by atoms with Crippen molar-refractivity contribution >= 4 is 7.82 Å². The van der Waals surface area contributed by atoms with Gasteiger partial charge in [-0.15, -0.1) is 6.58 Å². The molecule has 0 unspecified atom stereocenters. The smallest absolute Gasteiger partial charge is 0.387 e. The SMILES string of the molecule is C=C(C)CCNCc1cn([C@@H]2O[C@H](COP(=O)(O)O)[C@@H](O)[C@H]2O)c(=O)[nH]c1=O. The Kier molecular flexibility index (Phi) is 7.48. The van der Waals surface area contributed by atoms with Crippen molar-refractivity contribution in [1.82, 2.24) is 14.9 Å². The number of aliphatic hydroxyl groups is 2. The van der Waals surface area contributed by atoms with Crippen LogP contribution in [0, 0.1) is 0 Å². The summed E-state index contributed by atoms with van der Waals surface area (Å²) in [4.78, 5) is 43.7. The molecule has 1 aliphatic heterocycles. The van der Waals surface area contributed by atoms with Crippen LogP contribution in [-0.4, -0.2) is 61.0 Å². The number of aromatic nitrogens is 2. The molecular formula is C15H24N3O9P. The quantitative estimate of drug-likeness (QED) is 0.153. The molecule has 0 spiro atoms. The zero-order valence-corrected chi connectivity index (χ0v) is 16.0. The van der Waals surface area contributed by atoms with Crippen LogP contribution in [0.25, 0.3) is 0 Å². The van der Waals surface area contributed by atoms with Gasteiger partial charge in [0.25, 0.3) is 5.56 Å². The monoisotopic (exact) mass is 421 g/mol. The maximum atomic E-state index is 12.1. The average Bonchev–Trinajstić information content (AvgIpc) is 2.86. The molecule has 12 nitrogen and oxygen atoms in total. The standard InChI is InChI=1S/C15H24N3O9P/c1-8(2)3-4-16-5-9-6-18(15(22)17-13(9)21)14-12(20)11(19)10(27-14)7-26-28(23,24)25/h6,10-12,14,16,19-20H,1,3-5,7H2,2H3,(H,17,21,22)(H2,23,24,25)/t10-,11-,12-,14-/m1/s1. The fraction of sp³-hybridized carbons (Fsp3) is 0.600. The first kappa shape index (κ1) is 22.7. The van der Waals surface area contributed by atoms with Crippen LogP contribution in [0.3, 0.4) is 0 Å². The van der Waals surface area contributed by atoms with Gasteiger partial charge in [-0.25, -0.2) is 9.36 Å². The van der Waals surface area contributed by atoms with E-state index >= 15 is 0 Å². The number of ether oxygens (including phenoxy) is 1. The molecule has 4 atom stereocenters. The van der Waals surface area contributed by atoms with Gasteiger partial charge in [0.2, 0.25) is 0 Å². The van der Waals surface area contributed by atoms with E-state index in [9.17, 15) is 24.4 Å². The van der Waals surface area contributed by atoms with E-state index in [1.807, 2.05) is 6.92 Å². The number of phosphoric ester groups is 1. The van der Waals surface area contributed by atoms with Gasteiger partial charge in [-0.3, -0.25) is 18.9 Å². The Morgan fingerprint density at radius 1 is 1.39 bits per heavy atom. The number of nitrogens with zero attached hydrogens (tertiary/aromatic N) is 1. The molecule has 0 aromatic carbocycles. The Morgan fingerprint density at radius 3 is 2.68 bits per heavy atom. The molecule has 28 heavy (non-hydrogen) atoms. The first-order valence-corrected chi connectivity index (χ1v) is 9.93. The first-order valence-electron chi connectivity index (χ1n) is 8.40. The molecule has 1 aromatic heterocycles. The summed E-state index contributed by atoms with van der Waals surface area (Å²) >= 11 is 0. The minimum Gasteiger partial charge on any atom is -0.387 e. The van der Waals surface area contributed by atoms with Crippen molar-refractivity contribution in [2.45, 2.75) is 44.4 Å². The van der Waals surface area contributed by atoms with E-state index in [0.29, 0.717) is 13.0 Å². The number of H-pyrrole nitrogens is 1. The second-order valence-electron chi connectivity index (χ2n) is 6.54. The summed E-state index contributed by atoms with van der Waals surface area (Å²) < 4.78 is 21.3. The lowest BCUT2D eigenvalue weighted by molar-refractivity contribution is -0.0544. The Morgan fingerprint density at radius 2 is 2.07 bits per heavy atom. The van der Waals surface area contributed by atoms with Crippen molar-refractivity contribution in [1.29, 1.82) is 0 Å². The third-order valence-corrected chi connectivity index (χ3v) is 4.59. The fourth-order valence-corrected chi connectivity index (χ4v) is 2.98. The minimum atomic E-state index is -4.81. The lowest BCUT2D eigenvalue weighted by Gasteiger charge is -2.18. The number of phosphoric acid groups is 1. The molecule has 1 fully saturated rings. The van der Waals surface area contributed by atoms with Crippen LogP contribution in [0.2, 0.25) is 0 Å². The fourth-order valence-electron chi connectivity index (χ4n) is 2.63. The maximum Gasteiger partial charge on any atom is 0.469 e. The van der Waals surface area contributed by atoms with E-state index in [1.54, 1.807) is 0 Å². The molecule has 13 heteroatoms. The van der Waals surface area contributed by atoms with Crippen LogP contribution in [0.5, 0.6) is 0 Å². The molecule has 0 bridgehead atoms. The summed E-state index contributed by atoms with van der Waals surface area (Å²) in [6.07, 6.45) is -3.91. The molecule has 1 aliphatic rings. The van der Waals surface area contributed by atoms with E-state index in [1.165, 1.54) is 6.20 Å². The minimum absolute atomic E-state index is 0.138. The summed E-state index contributed by atoms with van der Waals surface area (Å²) in [5.74, 6) is 0. The van der Waals surface area contributed by atoms with Crippen molar-refractivity contribution in [2.75, 3.05) is 13.2 Å². The molecule has 0 radical (unpaired) electrons. The summed E-state index contributed by atoms with van der Waals surface area (Å²) in [5, 5.41) is 23.2. The number of hydrogen-bond acceptors (Lipinski definition) is 8. The van der Waals surface area contributed by atoms with Crippen LogP contribution in [-0.2, 0) is 20.4 Å². The van der Waals surface area contributed by atoms with Gasteiger partial charge in [0, 0.05) is 18.3 Å². The highest BCUT2D eigenvalue weighted by Crippen LogP contribution is 2.38. The van der Waals surface area contributed by atoms with E-state index < -0.39 is 50.2 Å². The molecule has 1 aromatic rings. The second kappa shape index (κ2) is 9.25. The Balaban J connectivity index is 2.16. The van der Waals surface area contributed by atoms with Gasteiger partial charge in [0.15, 0.2) is 6.23 Å². The number of hydrogen-bond donors (Lipinski definition) is 6. The largest absolute Gasteiger partial charge is 0.469 e. The Hall–Kier alpha value is -1.63. The molecule has 2 heterocycles. The molecule has 6 N–H and O–H groups in total. The highest BCUT2D eigenvalue weighted by atomic mass is 31.2. The summed E-state index contributed by atoms with van der Waals surface area (Å²) in [7, 11) is -4.81. The van der Waals surface area contributed by atoms with Crippen LogP contribution in [0.15, 0.2) is 27.9 Å². The van der Waals surface area contributed by atoms with Gasteiger partial charge in [0.1, 0.15) is 18.3 Å². The summed E-state index contributed by atoms with van der Waals surface area (Å²) in [6, 6.07) is 0. The molecule has 0 aliphatic carbocycles. The van der Waals surface area contributed by atoms with E-state index in [4.69, 9.17) is 14.5 Å². The lowest BCUT2D eigenvalue weighted by atomic mass is 10.1. The second-order valence-corrected chi connectivity index (χ2v) is 7.78. The van der Waals surface area contributed by atoms with Gasteiger partial charge in [-0.05, 0) is 19.9 Å². The highest BCUT2D eigenvalue weighted by molar-refractivity contribution is 7.46. The van der Waals surface area contributed by atoms with Gasteiger partial charge in [0.05, 0.1) is 6.61 Å². The van der Waals surface area contributed by atoms with Crippen molar-refractivity contribution in [3.8, 4) is 0 Å². The molecule has 0 saturated carbocycles. The third-order valence-electron chi connectivity index (χ3n) is 4.10. The molecule has 1 saturated heterocycles. The molecule has 2 rings (SSSR count). The van der Waals surface area contributed by atoms with Crippen molar-refractivity contribution in [3.63, 3.8) is 0 Å². The van der Waals surface area contributed by atoms with Crippen molar-refractivity contribution < 1.29 is 33.8 Å². The van der Waals surface area contributed by atoms with Crippen molar-refractivity contribution in [2.24, 2.45) is 0 Å². The Labute approximate surface area is 159 Å². The average molecular weight is 421 g/mol. The normalized spacial score (nSPS) is 25.2. The predicted molar refractivity (Wildman–Crippen MR) is 96.4 cm³/mol. The Bertz CT molecular complexity index is 861. The predicted octanol–water partition coefficient (Wildman–Crippen LogP) is -1.68. The summed E-state index contributed by atoms with van der Waals surface area (Å²) in [5.41, 5.74) is -0.324. The van der Waals surface area contributed by atoms with E-state index in [-0.39, 0.29) is 12.1 Å². The first-order chi connectivity index (χ1) is 13.0. The van der Waals surface area contributed by atoms with Crippen LogP contribution in [0.1, 0.15) is 25.1 Å². The third kappa shape index (κ3) is 5.93. The highest BCUT2D eigenvalue weighted by Gasteiger charge is 2.45. The molecule has 158 valence electrons. The zero-order valence-electron chi connectivity index (χ0n) is 15.1. The van der Waals surface area contributed by atoms with Gasteiger partial charge in [-0.2, -0.15) is 0 Å². The molecular weight excluding hydrogens is 397 g/mol. The number of aliphatic hydroxyl groups excluding tert-OH is 2. The number of nitrogens with one attached hydrogen (secondary N) is 2. The maximum absolute atomic E-state index is 12.1. The summed E-state index contributed by atoms with van der Waals surface area (Å²) in [6.45, 7) is 5.64. The van der Waals surface area contributed by atoms with Gasteiger partial charge >= 0.3 is 13.5 Å². The number of aromatic amines is 1. The van der Waals surface area contributed by atoms with Crippen LogP contribution < -0.4 is 16.6 Å². The van der Waals surface area contributed by atoms with Gasteiger partial charge in [-0.1, -0.05) is 5.57 Å². The van der Waals surface area contributed by atoms with E-state index in [2.05, 4.69) is 21.4 Å².